The van der Waals surface area contributed by atoms with Crippen LogP contribution in [0.1, 0.15) is 45.5 Å². The van der Waals surface area contributed by atoms with Crippen LogP contribution in [0.5, 0.6) is 0 Å². The van der Waals surface area contributed by atoms with Gasteiger partial charge in [0.15, 0.2) is 0 Å². The molecule has 168 valence electrons. The number of carbonyl (C=O) groups is 1. The number of amides is 1. The summed E-state index contributed by atoms with van der Waals surface area (Å²) in [5, 5.41) is 3.73. The number of aryl methyl sites for hydroxylation is 2. The highest BCUT2D eigenvalue weighted by atomic mass is 35.5. The third kappa shape index (κ3) is 6.21. The van der Waals surface area contributed by atoms with Crippen molar-refractivity contribution in [3.63, 3.8) is 0 Å². The van der Waals surface area contributed by atoms with Gasteiger partial charge in [-0.3, -0.25) is 4.79 Å². The molecular formula is C28H33ClN2O. The lowest BCUT2D eigenvalue weighted by atomic mass is 9.91. The van der Waals surface area contributed by atoms with Crippen LogP contribution >= 0.6 is 12.4 Å². The van der Waals surface area contributed by atoms with Crippen molar-refractivity contribution in [1.29, 1.82) is 0 Å². The highest BCUT2D eigenvalue weighted by molar-refractivity contribution is 5.95. The fraction of sp³-hybridized carbons (Fsp3) is 0.321. The fourth-order valence-electron chi connectivity index (χ4n) is 4.71. The first-order valence-corrected chi connectivity index (χ1v) is 11.3. The van der Waals surface area contributed by atoms with Crippen LogP contribution in [0.4, 0.5) is 0 Å². The van der Waals surface area contributed by atoms with Crippen molar-refractivity contribution in [1.82, 2.24) is 10.2 Å². The zero-order chi connectivity index (χ0) is 21.6. The molecule has 0 spiro atoms. The van der Waals surface area contributed by atoms with Crippen molar-refractivity contribution in [2.75, 3.05) is 6.54 Å². The molecule has 1 aliphatic heterocycles. The van der Waals surface area contributed by atoms with Gasteiger partial charge in [0.1, 0.15) is 0 Å². The summed E-state index contributed by atoms with van der Waals surface area (Å²) >= 11 is 0. The van der Waals surface area contributed by atoms with E-state index in [9.17, 15) is 4.79 Å². The monoisotopic (exact) mass is 448 g/mol. The molecule has 1 fully saturated rings. The maximum atomic E-state index is 13.5. The molecule has 4 rings (SSSR count). The summed E-state index contributed by atoms with van der Waals surface area (Å²) in [6.45, 7) is 5.78. The minimum atomic E-state index is 0. The van der Waals surface area contributed by atoms with Crippen LogP contribution < -0.4 is 5.32 Å². The highest BCUT2D eigenvalue weighted by Crippen LogP contribution is 2.24. The molecule has 4 heteroatoms. The van der Waals surface area contributed by atoms with E-state index in [1.54, 1.807) is 0 Å². The van der Waals surface area contributed by atoms with Crippen molar-refractivity contribution in [3.05, 3.63) is 107 Å². The van der Waals surface area contributed by atoms with E-state index in [-0.39, 0.29) is 24.4 Å². The second-order valence-electron chi connectivity index (χ2n) is 8.81. The number of benzene rings is 3. The summed E-state index contributed by atoms with van der Waals surface area (Å²) in [6, 6.07) is 27.9. The van der Waals surface area contributed by atoms with E-state index in [1.807, 2.05) is 18.2 Å². The first-order valence-electron chi connectivity index (χ1n) is 11.3. The lowest BCUT2D eigenvalue weighted by Crippen LogP contribution is -2.51. The molecule has 1 amide bonds. The number of nitrogens with zero attached hydrogens (tertiary/aromatic N) is 1. The molecule has 0 aromatic heterocycles. The number of piperidine rings is 1. The first kappa shape index (κ1) is 24.0. The van der Waals surface area contributed by atoms with Crippen LogP contribution in [0.15, 0.2) is 78.9 Å². The van der Waals surface area contributed by atoms with Gasteiger partial charge in [-0.15, -0.1) is 12.4 Å². The van der Waals surface area contributed by atoms with E-state index in [4.69, 9.17) is 0 Å². The van der Waals surface area contributed by atoms with Gasteiger partial charge in [0.25, 0.3) is 5.91 Å². The Morgan fingerprint density at radius 1 is 0.906 bits per heavy atom. The van der Waals surface area contributed by atoms with E-state index >= 15 is 0 Å². The summed E-state index contributed by atoms with van der Waals surface area (Å²) in [6.07, 6.45) is 2.84. The second-order valence-corrected chi connectivity index (χ2v) is 8.81. The smallest absolute Gasteiger partial charge is 0.254 e. The van der Waals surface area contributed by atoms with E-state index in [2.05, 4.69) is 84.7 Å². The standard InChI is InChI=1S/C28H32N2O.ClH/c1-21-15-22(2)17-25(16-21)28(31)30-14-13-26(29-20-24-11-7-4-8-12-24)19-27(30)18-23-9-5-3-6-10-23;/h3-12,15-17,26-27,29H,13-14,18-20H2,1-2H3;1H/t26-,27-;/m0./s1. The lowest BCUT2D eigenvalue weighted by Gasteiger charge is -2.40. The number of halogens is 1. The highest BCUT2D eigenvalue weighted by Gasteiger charge is 2.32. The van der Waals surface area contributed by atoms with Gasteiger partial charge in [-0.2, -0.15) is 0 Å². The van der Waals surface area contributed by atoms with E-state index in [0.29, 0.717) is 6.04 Å². The number of likely N-dealkylation sites (tertiary alicyclic amines) is 1. The Labute approximate surface area is 198 Å². The molecular weight excluding hydrogens is 416 g/mol. The lowest BCUT2D eigenvalue weighted by molar-refractivity contribution is 0.0576. The van der Waals surface area contributed by atoms with E-state index in [1.165, 1.54) is 11.1 Å². The Morgan fingerprint density at radius 2 is 1.50 bits per heavy atom. The molecule has 1 saturated heterocycles. The average Bonchev–Trinajstić information content (AvgIpc) is 2.78. The van der Waals surface area contributed by atoms with Crippen molar-refractivity contribution < 1.29 is 4.79 Å². The van der Waals surface area contributed by atoms with Crippen molar-refractivity contribution in [2.24, 2.45) is 0 Å². The second kappa shape index (κ2) is 11.3. The van der Waals surface area contributed by atoms with Gasteiger partial charge in [-0.05, 0) is 56.4 Å². The average molecular weight is 449 g/mol. The summed E-state index contributed by atoms with van der Waals surface area (Å²) in [4.78, 5) is 15.6. The molecule has 3 aromatic rings. The van der Waals surface area contributed by atoms with Crippen LogP contribution in [0.2, 0.25) is 0 Å². The van der Waals surface area contributed by atoms with Crippen LogP contribution in [0, 0.1) is 13.8 Å². The Bertz CT molecular complexity index is 986. The van der Waals surface area contributed by atoms with Crippen molar-refractivity contribution >= 4 is 18.3 Å². The largest absolute Gasteiger partial charge is 0.335 e. The molecule has 0 aliphatic carbocycles. The Kier molecular flexibility index (Phi) is 8.49. The molecule has 0 radical (unpaired) electrons. The van der Waals surface area contributed by atoms with Gasteiger partial charge in [0.05, 0.1) is 0 Å². The normalized spacial score (nSPS) is 18.1. The number of carbonyl (C=O) groups excluding carboxylic acids is 1. The maximum absolute atomic E-state index is 13.5. The zero-order valence-electron chi connectivity index (χ0n) is 19.0. The molecule has 1 N–H and O–H groups in total. The Morgan fingerprint density at radius 3 is 2.12 bits per heavy atom. The molecule has 1 aliphatic rings. The third-order valence-electron chi connectivity index (χ3n) is 6.20. The van der Waals surface area contributed by atoms with Crippen molar-refractivity contribution in [3.8, 4) is 0 Å². The van der Waals surface area contributed by atoms with Gasteiger partial charge in [-0.25, -0.2) is 0 Å². The van der Waals surface area contributed by atoms with Gasteiger partial charge < -0.3 is 10.2 Å². The summed E-state index contributed by atoms with van der Waals surface area (Å²) in [5.74, 6) is 0.161. The molecule has 0 bridgehead atoms. The quantitative estimate of drug-likeness (QED) is 0.522. The number of hydrogen-bond donors (Lipinski definition) is 1. The molecule has 3 aromatic carbocycles. The maximum Gasteiger partial charge on any atom is 0.254 e. The Balaban J connectivity index is 0.00000289. The molecule has 3 nitrogen and oxygen atoms in total. The minimum Gasteiger partial charge on any atom is -0.335 e. The van der Waals surface area contributed by atoms with Crippen LogP contribution in [-0.2, 0) is 13.0 Å². The summed E-state index contributed by atoms with van der Waals surface area (Å²) in [5.41, 5.74) is 5.68. The number of nitrogens with one attached hydrogen (secondary N) is 1. The van der Waals surface area contributed by atoms with Crippen molar-refractivity contribution in [2.45, 2.75) is 51.7 Å². The molecule has 32 heavy (non-hydrogen) atoms. The zero-order valence-corrected chi connectivity index (χ0v) is 19.8. The minimum absolute atomic E-state index is 0. The van der Waals surface area contributed by atoms with E-state index in [0.717, 1.165) is 49.0 Å². The van der Waals surface area contributed by atoms with Gasteiger partial charge in [0, 0.05) is 30.7 Å². The van der Waals surface area contributed by atoms with Gasteiger partial charge in [-0.1, -0.05) is 77.9 Å². The number of hydrogen-bond acceptors (Lipinski definition) is 2. The van der Waals surface area contributed by atoms with E-state index < -0.39 is 0 Å². The van der Waals surface area contributed by atoms with Crippen LogP contribution in [-0.4, -0.2) is 29.4 Å². The molecule has 0 saturated carbocycles. The summed E-state index contributed by atoms with van der Waals surface area (Å²) < 4.78 is 0. The predicted molar refractivity (Wildman–Crippen MR) is 134 cm³/mol. The molecule has 0 unspecified atom stereocenters. The van der Waals surface area contributed by atoms with Crippen LogP contribution in [0.25, 0.3) is 0 Å². The van der Waals surface area contributed by atoms with Gasteiger partial charge in [0.2, 0.25) is 0 Å². The third-order valence-corrected chi connectivity index (χ3v) is 6.20. The summed E-state index contributed by atoms with van der Waals surface area (Å²) in [7, 11) is 0. The van der Waals surface area contributed by atoms with Gasteiger partial charge >= 0.3 is 0 Å². The van der Waals surface area contributed by atoms with Crippen LogP contribution in [0.3, 0.4) is 0 Å². The topological polar surface area (TPSA) is 32.3 Å². The predicted octanol–water partition coefficient (Wildman–Crippen LogP) is 5.73. The fourth-order valence-corrected chi connectivity index (χ4v) is 4.71. The number of rotatable bonds is 6. The first-order chi connectivity index (χ1) is 15.1. The Hall–Kier alpha value is -2.62. The molecule has 2 atom stereocenters. The SMILES string of the molecule is Cc1cc(C)cc(C(=O)N2CC[C@H](NCc3ccccc3)C[C@@H]2Cc2ccccc2)c1.Cl. The molecule has 1 heterocycles.